The maximum atomic E-state index is 12.9. The average molecular weight is 446 g/mol. The Labute approximate surface area is 190 Å². The van der Waals surface area contributed by atoms with Crippen molar-refractivity contribution < 1.29 is 9.53 Å². The Balaban J connectivity index is 1.59. The first kappa shape index (κ1) is 20.0. The van der Waals surface area contributed by atoms with E-state index in [0.29, 0.717) is 17.4 Å². The molecule has 0 aliphatic carbocycles. The van der Waals surface area contributed by atoms with Gasteiger partial charge in [-0.15, -0.1) is 11.8 Å². The van der Waals surface area contributed by atoms with Crippen LogP contribution in [-0.2, 0) is 11.4 Å². The van der Waals surface area contributed by atoms with Gasteiger partial charge in [0.05, 0.1) is 5.75 Å². The van der Waals surface area contributed by atoms with Crippen LogP contribution in [0.15, 0.2) is 91.0 Å². The zero-order valence-electron chi connectivity index (χ0n) is 16.7. The van der Waals surface area contributed by atoms with E-state index in [1.54, 1.807) is 11.8 Å². The van der Waals surface area contributed by atoms with Crippen molar-refractivity contribution in [3.8, 4) is 5.75 Å². The van der Waals surface area contributed by atoms with Gasteiger partial charge < -0.3 is 4.74 Å². The number of thioether (sulfide) groups is 1. The van der Waals surface area contributed by atoms with Crippen LogP contribution in [0.2, 0.25) is 5.02 Å². The number of amides is 1. The molecule has 0 radical (unpaired) electrons. The van der Waals surface area contributed by atoms with Crippen LogP contribution in [-0.4, -0.2) is 11.7 Å². The second-order valence-corrected chi connectivity index (χ2v) is 8.88. The van der Waals surface area contributed by atoms with Crippen LogP contribution in [0.1, 0.15) is 16.5 Å². The molecule has 4 aromatic carbocycles. The highest BCUT2D eigenvalue weighted by Crippen LogP contribution is 2.47. The van der Waals surface area contributed by atoms with Crippen molar-refractivity contribution in [1.82, 2.24) is 0 Å². The number of benzene rings is 4. The number of halogens is 1. The summed E-state index contributed by atoms with van der Waals surface area (Å²) < 4.78 is 6.31. The third kappa shape index (κ3) is 4.01. The van der Waals surface area contributed by atoms with E-state index in [9.17, 15) is 4.79 Å². The summed E-state index contributed by atoms with van der Waals surface area (Å²) in [6, 6.07) is 29.9. The highest BCUT2D eigenvalue weighted by molar-refractivity contribution is 8.00. The molecular formula is C26H20ClNO2S. The van der Waals surface area contributed by atoms with Crippen molar-refractivity contribution in [2.45, 2.75) is 12.0 Å². The van der Waals surface area contributed by atoms with Crippen LogP contribution in [0.25, 0.3) is 10.8 Å². The predicted molar refractivity (Wildman–Crippen MR) is 129 cm³/mol. The van der Waals surface area contributed by atoms with Gasteiger partial charge in [0.2, 0.25) is 5.91 Å². The van der Waals surface area contributed by atoms with E-state index in [0.717, 1.165) is 33.3 Å². The topological polar surface area (TPSA) is 29.5 Å². The van der Waals surface area contributed by atoms with E-state index in [-0.39, 0.29) is 11.3 Å². The average Bonchev–Trinajstić information content (AvgIpc) is 3.19. The Bertz CT molecular complexity index is 1230. The molecule has 31 heavy (non-hydrogen) atoms. The van der Waals surface area contributed by atoms with Crippen molar-refractivity contribution in [3.63, 3.8) is 0 Å². The molecule has 1 amide bonds. The molecule has 1 atom stereocenters. The van der Waals surface area contributed by atoms with Gasteiger partial charge in [-0.3, -0.25) is 9.69 Å². The number of fused-ring (bicyclic) bond motifs is 1. The molecule has 5 rings (SSSR count). The fraction of sp³-hybridized carbons (Fsp3) is 0.115. The molecule has 1 aliphatic rings. The number of carbonyl (C=O) groups excluding carboxylic acids is 1. The van der Waals surface area contributed by atoms with Gasteiger partial charge in [0, 0.05) is 16.3 Å². The number of hydrogen-bond donors (Lipinski definition) is 0. The Kier molecular flexibility index (Phi) is 5.58. The van der Waals surface area contributed by atoms with Crippen LogP contribution < -0.4 is 9.64 Å². The molecule has 4 aromatic rings. The summed E-state index contributed by atoms with van der Waals surface area (Å²) >= 11 is 7.71. The van der Waals surface area contributed by atoms with Crippen LogP contribution in [0.5, 0.6) is 5.75 Å². The van der Waals surface area contributed by atoms with Gasteiger partial charge in [-0.1, -0.05) is 72.3 Å². The number of hydrogen-bond acceptors (Lipinski definition) is 3. The third-order valence-corrected chi connectivity index (χ3v) is 6.82. The van der Waals surface area contributed by atoms with Crippen molar-refractivity contribution in [2.24, 2.45) is 0 Å². The lowest BCUT2D eigenvalue weighted by atomic mass is 10.0. The summed E-state index contributed by atoms with van der Waals surface area (Å²) in [5, 5.41) is 2.70. The molecule has 1 fully saturated rings. The summed E-state index contributed by atoms with van der Waals surface area (Å²) in [5.41, 5.74) is 2.97. The second kappa shape index (κ2) is 8.66. The monoisotopic (exact) mass is 445 g/mol. The lowest BCUT2D eigenvalue weighted by molar-refractivity contribution is -0.115. The fourth-order valence-electron chi connectivity index (χ4n) is 3.91. The Morgan fingerprint density at radius 2 is 1.65 bits per heavy atom. The van der Waals surface area contributed by atoms with E-state index < -0.39 is 0 Å². The van der Waals surface area contributed by atoms with Crippen LogP contribution in [0, 0.1) is 0 Å². The first-order valence-corrected chi connectivity index (χ1v) is 11.5. The van der Waals surface area contributed by atoms with Gasteiger partial charge in [-0.2, -0.15) is 0 Å². The molecule has 0 bridgehead atoms. The summed E-state index contributed by atoms with van der Waals surface area (Å²) in [7, 11) is 0. The van der Waals surface area contributed by atoms with E-state index in [2.05, 4.69) is 30.3 Å². The largest absolute Gasteiger partial charge is 0.488 e. The zero-order valence-corrected chi connectivity index (χ0v) is 18.3. The first-order chi connectivity index (χ1) is 15.2. The molecule has 5 heteroatoms. The van der Waals surface area contributed by atoms with Gasteiger partial charge in [0.1, 0.15) is 17.7 Å². The van der Waals surface area contributed by atoms with Crippen molar-refractivity contribution >= 4 is 45.7 Å². The lowest BCUT2D eigenvalue weighted by Gasteiger charge is -2.27. The van der Waals surface area contributed by atoms with Crippen molar-refractivity contribution in [2.75, 3.05) is 10.7 Å². The molecule has 154 valence electrons. The summed E-state index contributed by atoms with van der Waals surface area (Å²) in [6.45, 7) is 0.471. The second-order valence-electron chi connectivity index (χ2n) is 7.38. The van der Waals surface area contributed by atoms with Gasteiger partial charge in [0.25, 0.3) is 0 Å². The quantitative estimate of drug-likeness (QED) is 0.336. The molecule has 1 saturated heterocycles. The van der Waals surface area contributed by atoms with Crippen molar-refractivity contribution in [3.05, 3.63) is 107 Å². The number of nitrogens with zero attached hydrogens (tertiary/aromatic N) is 1. The molecule has 1 heterocycles. The molecule has 0 unspecified atom stereocenters. The summed E-state index contributed by atoms with van der Waals surface area (Å²) in [4.78, 5) is 14.8. The third-order valence-electron chi connectivity index (χ3n) is 5.39. The highest BCUT2D eigenvalue weighted by Gasteiger charge is 2.36. The number of carbonyl (C=O) groups is 1. The maximum absolute atomic E-state index is 12.9. The summed E-state index contributed by atoms with van der Waals surface area (Å²) in [5.74, 6) is 1.31. The minimum absolute atomic E-state index is 0.0827. The fourth-order valence-corrected chi connectivity index (χ4v) is 5.27. The Morgan fingerprint density at radius 1 is 0.903 bits per heavy atom. The SMILES string of the molecule is O=C1CS[C@@H](c2c(OCc3ccccc3)ccc3ccccc23)N1c1ccc(Cl)cc1. The minimum atomic E-state index is -0.175. The molecule has 0 N–H and O–H groups in total. The molecule has 3 nitrogen and oxygen atoms in total. The molecule has 0 saturated carbocycles. The highest BCUT2D eigenvalue weighted by atomic mass is 35.5. The normalized spacial score (nSPS) is 16.1. The minimum Gasteiger partial charge on any atom is -0.488 e. The number of anilines is 1. The molecule has 0 aromatic heterocycles. The molecule has 1 aliphatic heterocycles. The maximum Gasteiger partial charge on any atom is 0.238 e. The van der Waals surface area contributed by atoms with Crippen LogP contribution in [0.3, 0.4) is 0 Å². The summed E-state index contributed by atoms with van der Waals surface area (Å²) in [6.07, 6.45) is 0. The van der Waals surface area contributed by atoms with E-state index in [4.69, 9.17) is 16.3 Å². The Morgan fingerprint density at radius 3 is 2.45 bits per heavy atom. The number of rotatable bonds is 5. The Hall–Kier alpha value is -2.95. The van der Waals surface area contributed by atoms with Gasteiger partial charge in [-0.25, -0.2) is 0 Å². The van der Waals surface area contributed by atoms with Gasteiger partial charge in [0.15, 0.2) is 0 Å². The van der Waals surface area contributed by atoms with Gasteiger partial charge in [-0.05, 0) is 46.7 Å². The van der Waals surface area contributed by atoms with Crippen molar-refractivity contribution in [1.29, 1.82) is 0 Å². The van der Waals surface area contributed by atoms with E-state index in [1.165, 1.54) is 0 Å². The lowest BCUT2D eigenvalue weighted by Crippen LogP contribution is -2.28. The zero-order chi connectivity index (χ0) is 21.2. The number of ether oxygens (including phenoxy) is 1. The predicted octanol–water partition coefficient (Wildman–Crippen LogP) is 6.85. The van der Waals surface area contributed by atoms with E-state index >= 15 is 0 Å². The van der Waals surface area contributed by atoms with Gasteiger partial charge >= 0.3 is 0 Å². The van der Waals surface area contributed by atoms with Crippen LogP contribution >= 0.6 is 23.4 Å². The first-order valence-electron chi connectivity index (χ1n) is 10.1. The molecular weight excluding hydrogens is 426 g/mol. The standard InChI is InChI=1S/C26H20ClNO2S/c27-20-11-13-21(14-12-20)28-24(29)17-31-26(28)25-22-9-5-4-8-19(22)10-15-23(25)30-16-18-6-2-1-3-7-18/h1-15,26H,16-17H2/t26-/m0/s1. The van der Waals surface area contributed by atoms with Crippen LogP contribution in [0.4, 0.5) is 5.69 Å². The van der Waals surface area contributed by atoms with E-state index in [1.807, 2.05) is 65.6 Å². The molecule has 0 spiro atoms. The smallest absolute Gasteiger partial charge is 0.238 e.